The molecule has 1 aromatic rings. The van der Waals surface area contributed by atoms with Gasteiger partial charge in [0.1, 0.15) is 11.5 Å². The summed E-state index contributed by atoms with van der Waals surface area (Å²) < 4.78 is 0. The summed E-state index contributed by atoms with van der Waals surface area (Å²) in [6, 6.07) is 0. The fraction of sp³-hybridized carbons (Fsp3) is 0.429. The highest BCUT2D eigenvalue weighted by molar-refractivity contribution is 5.66. The SMILES string of the molecule is Cc1nnc(CCC(=O)O)c(=O)[nH]1. The Morgan fingerprint density at radius 3 is 2.77 bits per heavy atom. The maximum atomic E-state index is 11.1. The van der Waals surface area contributed by atoms with Crippen molar-refractivity contribution >= 4 is 5.97 Å². The molecule has 1 rings (SSSR count). The van der Waals surface area contributed by atoms with Crippen molar-refractivity contribution in [2.75, 3.05) is 0 Å². The van der Waals surface area contributed by atoms with Gasteiger partial charge >= 0.3 is 5.97 Å². The molecule has 1 aromatic heterocycles. The van der Waals surface area contributed by atoms with E-state index in [-0.39, 0.29) is 24.1 Å². The second-order valence-corrected chi connectivity index (χ2v) is 2.58. The van der Waals surface area contributed by atoms with Crippen LogP contribution in [0.25, 0.3) is 0 Å². The number of aliphatic carboxylic acids is 1. The number of carbonyl (C=O) groups is 1. The Morgan fingerprint density at radius 2 is 2.23 bits per heavy atom. The molecule has 0 spiro atoms. The molecule has 2 N–H and O–H groups in total. The quantitative estimate of drug-likeness (QED) is 0.658. The molecule has 0 unspecified atom stereocenters. The summed E-state index contributed by atoms with van der Waals surface area (Å²) in [5, 5.41) is 15.6. The van der Waals surface area contributed by atoms with E-state index < -0.39 is 5.97 Å². The Kier molecular flexibility index (Phi) is 2.73. The largest absolute Gasteiger partial charge is 0.481 e. The molecule has 0 saturated carbocycles. The van der Waals surface area contributed by atoms with Gasteiger partial charge in [0.2, 0.25) is 0 Å². The number of aryl methyl sites for hydroxylation is 2. The van der Waals surface area contributed by atoms with Crippen molar-refractivity contribution in [1.82, 2.24) is 15.2 Å². The van der Waals surface area contributed by atoms with Gasteiger partial charge in [-0.25, -0.2) is 0 Å². The van der Waals surface area contributed by atoms with Gasteiger partial charge in [0.15, 0.2) is 0 Å². The van der Waals surface area contributed by atoms with E-state index >= 15 is 0 Å². The molecule has 0 aromatic carbocycles. The van der Waals surface area contributed by atoms with Crippen LogP contribution in [0.2, 0.25) is 0 Å². The van der Waals surface area contributed by atoms with Crippen molar-refractivity contribution in [3.63, 3.8) is 0 Å². The standard InChI is InChI=1S/C7H9N3O3/c1-4-8-7(13)5(10-9-4)2-3-6(11)12/h2-3H2,1H3,(H,11,12)(H,8,9,13). The van der Waals surface area contributed by atoms with Crippen LogP contribution >= 0.6 is 0 Å². The van der Waals surface area contributed by atoms with E-state index in [4.69, 9.17) is 5.11 Å². The minimum atomic E-state index is -0.957. The van der Waals surface area contributed by atoms with E-state index in [0.717, 1.165) is 0 Å². The van der Waals surface area contributed by atoms with Crippen molar-refractivity contribution in [2.24, 2.45) is 0 Å². The van der Waals surface area contributed by atoms with Gasteiger partial charge in [-0.05, 0) is 6.92 Å². The molecule has 0 fully saturated rings. The molecule has 0 saturated heterocycles. The highest BCUT2D eigenvalue weighted by Gasteiger charge is 2.05. The number of carboxylic acids is 1. The molecule has 0 bridgehead atoms. The van der Waals surface area contributed by atoms with Crippen LogP contribution in [-0.2, 0) is 11.2 Å². The van der Waals surface area contributed by atoms with Gasteiger partial charge < -0.3 is 10.1 Å². The lowest BCUT2D eigenvalue weighted by molar-refractivity contribution is -0.136. The van der Waals surface area contributed by atoms with Crippen LogP contribution in [-0.4, -0.2) is 26.3 Å². The number of hydrogen-bond acceptors (Lipinski definition) is 4. The van der Waals surface area contributed by atoms with E-state index in [0.29, 0.717) is 5.82 Å². The number of rotatable bonds is 3. The molecular weight excluding hydrogens is 174 g/mol. The maximum Gasteiger partial charge on any atom is 0.303 e. The molecular formula is C7H9N3O3. The summed E-state index contributed by atoms with van der Waals surface area (Å²) in [4.78, 5) is 23.7. The zero-order chi connectivity index (χ0) is 9.84. The lowest BCUT2D eigenvalue weighted by Gasteiger charge is -1.95. The van der Waals surface area contributed by atoms with Crippen LogP contribution in [0.5, 0.6) is 0 Å². The van der Waals surface area contributed by atoms with Gasteiger partial charge in [0, 0.05) is 6.42 Å². The van der Waals surface area contributed by atoms with Crippen molar-refractivity contribution in [3.05, 3.63) is 21.9 Å². The third-order valence-electron chi connectivity index (χ3n) is 1.45. The van der Waals surface area contributed by atoms with E-state index in [1.54, 1.807) is 6.92 Å². The van der Waals surface area contributed by atoms with Gasteiger partial charge in [0.25, 0.3) is 5.56 Å². The number of nitrogens with one attached hydrogen (secondary N) is 1. The van der Waals surface area contributed by atoms with Gasteiger partial charge in [-0.1, -0.05) is 0 Å². The summed E-state index contributed by atoms with van der Waals surface area (Å²) in [6.07, 6.45) is -0.00122. The molecule has 6 heteroatoms. The Bertz CT molecular complexity index is 371. The Balaban J connectivity index is 2.78. The van der Waals surface area contributed by atoms with Crippen LogP contribution in [0, 0.1) is 6.92 Å². The number of H-pyrrole nitrogens is 1. The van der Waals surface area contributed by atoms with Crippen molar-refractivity contribution in [2.45, 2.75) is 19.8 Å². The zero-order valence-corrected chi connectivity index (χ0v) is 7.07. The first kappa shape index (κ1) is 9.37. The van der Waals surface area contributed by atoms with Gasteiger partial charge in [-0.2, -0.15) is 0 Å². The van der Waals surface area contributed by atoms with Crippen molar-refractivity contribution in [1.29, 1.82) is 0 Å². The summed E-state index contributed by atoms with van der Waals surface area (Å²) in [6.45, 7) is 1.61. The monoisotopic (exact) mass is 183 g/mol. The number of aromatic nitrogens is 3. The highest BCUT2D eigenvalue weighted by Crippen LogP contribution is 1.90. The summed E-state index contributed by atoms with van der Waals surface area (Å²) in [5.41, 5.74) is -0.207. The van der Waals surface area contributed by atoms with Crippen LogP contribution in [0.15, 0.2) is 4.79 Å². The zero-order valence-electron chi connectivity index (χ0n) is 7.07. The lowest BCUT2D eigenvalue weighted by Crippen LogP contribution is -2.18. The highest BCUT2D eigenvalue weighted by atomic mass is 16.4. The smallest absolute Gasteiger partial charge is 0.303 e. The van der Waals surface area contributed by atoms with Gasteiger partial charge in [0.05, 0.1) is 6.42 Å². The topological polar surface area (TPSA) is 95.9 Å². The Labute approximate surface area is 73.6 Å². The minimum Gasteiger partial charge on any atom is -0.481 e. The molecule has 0 aliphatic heterocycles. The Morgan fingerprint density at radius 1 is 1.54 bits per heavy atom. The average molecular weight is 183 g/mol. The van der Waals surface area contributed by atoms with Gasteiger partial charge in [-0.15, -0.1) is 10.2 Å². The number of aromatic amines is 1. The molecule has 0 atom stereocenters. The second kappa shape index (κ2) is 3.79. The van der Waals surface area contributed by atoms with E-state index in [1.165, 1.54) is 0 Å². The summed E-state index contributed by atoms with van der Waals surface area (Å²) in [5.74, 6) is -0.536. The first-order valence-electron chi connectivity index (χ1n) is 3.74. The number of nitrogens with zero attached hydrogens (tertiary/aromatic N) is 2. The predicted molar refractivity (Wildman–Crippen MR) is 43.3 cm³/mol. The molecule has 0 aliphatic rings. The van der Waals surface area contributed by atoms with Crippen LogP contribution < -0.4 is 5.56 Å². The molecule has 0 aliphatic carbocycles. The molecule has 0 amide bonds. The molecule has 13 heavy (non-hydrogen) atoms. The van der Waals surface area contributed by atoms with E-state index in [2.05, 4.69) is 15.2 Å². The molecule has 0 radical (unpaired) electrons. The third-order valence-corrected chi connectivity index (χ3v) is 1.45. The van der Waals surface area contributed by atoms with Crippen molar-refractivity contribution in [3.8, 4) is 0 Å². The second-order valence-electron chi connectivity index (χ2n) is 2.58. The Hall–Kier alpha value is -1.72. The molecule has 1 heterocycles. The van der Waals surface area contributed by atoms with E-state index in [1.807, 2.05) is 0 Å². The summed E-state index contributed by atoms with van der Waals surface area (Å²) >= 11 is 0. The molecule has 6 nitrogen and oxygen atoms in total. The normalized spacial score (nSPS) is 9.92. The minimum absolute atomic E-state index is 0.109. The van der Waals surface area contributed by atoms with Crippen molar-refractivity contribution < 1.29 is 9.90 Å². The van der Waals surface area contributed by atoms with E-state index in [9.17, 15) is 9.59 Å². The lowest BCUT2D eigenvalue weighted by atomic mass is 10.2. The maximum absolute atomic E-state index is 11.1. The average Bonchev–Trinajstić information content (AvgIpc) is 2.02. The number of hydrogen-bond donors (Lipinski definition) is 2. The fourth-order valence-electron chi connectivity index (χ4n) is 0.831. The van der Waals surface area contributed by atoms with Crippen LogP contribution in [0.4, 0.5) is 0 Å². The predicted octanol–water partition coefficient (Wildman–Crippen LogP) is -0.509. The first-order valence-corrected chi connectivity index (χ1v) is 3.74. The number of carboxylic acid groups (broad SMARTS) is 1. The molecule has 70 valence electrons. The first-order chi connectivity index (χ1) is 6.09. The summed E-state index contributed by atoms with van der Waals surface area (Å²) in [7, 11) is 0. The van der Waals surface area contributed by atoms with Gasteiger partial charge in [-0.3, -0.25) is 9.59 Å². The van der Waals surface area contributed by atoms with Crippen LogP contribution in [0.1, 0.15) is 17.9 Å². The van der Waals surface area contributed by atoms with Crippen LogP contribution in [0.3, 0.4) is 0 Å². The fourth-order valence-corrected chi connectivity index (χ4v) is 0.831. The third kappa shape index (κ3) is 2.66.